The summed E-state index contributed by atoms with van der Waals surface area (Å²) in [4.78, 5) is 12.9. The minimum Gasteiger partial charge on any atom is -0.458 e. The molecule has 3 fully saturated rings. The second kappa shape index (κ2) is 5.82. The van der Waals surface area contributed by atoms with E-state index in [-0.39, 0.29) is 34.6 Å². The number of benzene rings is 1. The van der Waals surface area contributed by atoms with Gasteiger partial charge in [0.05, 0.1) is 6.10 Å². The number of aliphatic hydroxyl groups is 1. The van der Waals surface area contributed by atoms with E-state index >= 15 is 0 Å². The number of hydrogen-bond donors (Lipinski definition) is 1. The van der Waals surface area contributed by atoms with Crippen molar-refractivity contribution in [1.82, 2.24) is 0 Å². The van der Waals surface area contributed by atoms with Crippen LogP contribution in [0.15, 0.2) is 30.3 Å². The Morgan fingerprint density at radius 3 is 2.46 bits per heavy atom. The zero-order valence-corrected chi connectivity index (χ0v) is 16.5. The highest BCUT2D eigenvalue weighted by Gasteiger charge is 2.66. The molecule has 4 rings (SSSR count). The van der Waals surface area contributed by atoms with E-state index in [1.807, 2.05) is 18.2 Å². The maximum atomic E-state index is 12.9. The average molecular weight is 357 g/mol. The van der Waals surface area contributed by atoms with Crippen LogP contribution in [0.25, 0.3) is 0 Å². The first-order chi connectivity index (χ1) is 12.2. The van der Waals surface area contributed by atoms with E-state index in [0.717, 1.165) is 19.3 Å². The third kappa shape index (κ3) is 2.46. The quantitative estimate of drug-likeness (QED) is 0.743. The van der Waals surface area contributed by atoms with Gasteiger partial charge in [-0.25, -0.2) is 0 Å². The second-order valence-corrected chi connectivity index (χ2v) is 10.0. The van der Waals surface area contributed by atoms with E-state index in [4.69, 9.17) is 4.74 Å². The van der Waals surface area contributed by atoms with Gasteiger partial charge in [-0.05, 0) is 48.5 Å². The fourth-order valence-corrected chi connectivity index (χ4v) is 7.09. The van der Waals surface area contributed by atoms with Crippen molar-refractivity contribution >= 4 is 5.97 Å². The van der Waals surface area contributed by atoms with E-state index < -0.39 is 11.7 Å². The average Bonchev–Trinajstić information content (AvgIpc) is 2.77. The molecule has 1 heterocycles. The molecule has 0 spiro atoms. The van der Waals surface area contributed by atoms with Crippen LogP contribution >= 0.6 is 0 Å². The first-order valence-corrected chi connectivity index (χ1v) is 10.1. The number of ether oxygens (including phenoxy) is 1. The minimum absolute atomic E-state index is 0.0174. The maximum Gasteiger partial charge on any atom is 0.306 e. The van der Waals surface area contributed by atoms with Crippen LogP contribution in [0, 0.1) is 22.7 Å². The van der Waals surface area contributed by atoms with E-state index in [2.05, 4.69) is 39.8 Å². The normalized spacial score (nSPS) is 44.6. The molecule has 142 valence electrons. The lowest BCUT2D eigenvalue weighted by Gasteiger charge is -2.55. The highest BCUT2D eigenvalue weighted by Crippen LogP contribution is 2.65. The summed E-state index contributed by atoms with van der Waals surface area (Å²) in [5, 5.41) is 11.2. The van der Waals surface area contributed by atoms with Gasteiger partial charge in [0.1, 0.15) is 5.60 Å². The summed E-state index contributed by atoms with van der Waals surface area (Å²) in [7, 11) is 0. The number of carbonyl (C=O) groups is 1. The molecular formula is C23H32O3. The Kier molecular flexibility index (Phi) is 4.04. The number of aliphatic hydroxyl groups excluding tert-OH is 1. The van der Waals surface area contributed by atoms with Crippen LogP contribution < -0.4 is 0 Å². The zero-order valence-electron chi connectivity index (χ0n) is 16.5. The van der Waals surface area contributed by atoms with Gasteiger partial charge in [0, 0.05) is 18.3 Å². The first-order valence-electron chi connectivity index (χ1n) is 10.1. The van der Waals surface area contributed by atoms with E-state index in [0.29, 0.717) is 12.8 Å². The van der Waals surface area contributed by atoms with Gasteiger partial charge < -0.3 is 9.84 Å². The van der Waals surface area contributed by atoms with Crippen molar-refractivity contribution < 1.29 is 14.6 Å². The van der Waals surface area contributed by atoms with E-state index in [1.165, 1.54) is 5.56 Å². The summed E-state index contributed by atoms with van der Waals surface area (Å²) >= 11 is 0. The summed E-state index contributed by atoms with van der Waals surface area (Å²) in [5.74, 6) is 0.202. The Labute approximate surface area is 157 Å². The molecule has 0 bridgehead atoms. The summed E-state index contributed by atoms with van der Waals surface area (Å²) in [6, 6.07) is 10.3. The van der Waals surface area contributed by atoms with Crippen molar-refractivity contribution in [2.75, 3.05) is 0 Å². The van der Waals surface area contributed by atoms with Crippen molar-refractivity contribution in [3.05, 3.63) is 35.9 Å². The van der Waals surface area contributed by atoms with Gasteiger partial charge in [-0.15, -0.1) is 0 Å². The molecule has 0 aromatic heterocycles. The highest BCUT2D eigenvalue weighted by molar-refractivity contribution is 5.71. The van der Waals surface area contributed by atoms with Crippen LogP contribution in [0.3, 0.4) is 0 Å². The van der Waals surface area contributed by atoms with Gasteiger partial charge in [0.15, 0.2) is 0 Å². The van der Waals surface area contributed by atoms with E-state index in [9.17, 15) is 9.90 Å². The van der Waals surface area contributed by atoms with Crippen LogP contribution in [0.5, 0.6) is 0 Å². The fraction of sp³-hybridized carbons (Fsp3) is 0.696. The van der Waals surface area contributed by atoms with Crippen LogP contribution in [0.1, 0.15) is 71.3 Å². The zero-order chi connectivity index (χ0) is 18.7. The maximum absolute atomic E-state index is 12.9. The van der Waals surface area contributed by atoms with Crippen molar-refractivity contribution in [2.45, 2.75) is 77.4 Å². The minimum atomic E-state index is -0.644. The Morgan fingerprint density at radius 2 is 1.77 bits per heavy atom. The number of esters is 1. The lowest BCUT2D eigenvalue weighted by Crippen LogP contribution is -2.53. The van der Waals surface area contributed by atoms with Crippen molar-refractivity contribution in [3.63, 3.8) is 0 Å². The lowest BCUT2D eigenvalue weighted by molar-refractivity contribution is -0.166. The van der Waals surface area contributed by atoms with Crippen molar-refractivity contribution in [1.29, 1.82) is 0 Å². The van der Waals surface area contributed by atoms with Crippen molar-refractivity contribution in [3.8, 4) is 0 Å². The molecule has 1 aliphatic heterocycles. The number of fused-ring (bicyclic) bond motifs is 3. The summed E-state index contributed by atoms with van der Waals surface area (Å²) < 4.78 is 6.21. The molecule has 0 amide bonds. The molecule has 2 saturated carbocycles. The Morgan fingerprint density at radius 1 is 1.08 bits per heavy atom. The third-order valence-electron chi connectivity index (χ3n) is 8.06. The van der Waals surface area contributed by atoms with Gasteiger partial charge >= 0.3 is 5.97 Å². The Balaban J connectivity index is 1.84. The largest absolute Gasteiger partial charge is 0.458 e. The SMILES string of the molecule is CC1(C)CCC[C@]2(C)[C@@H]1CC(=O)O[C@@]1(C)[C@@H]2[C@@H](O)C[C@H]1c1ccccc1. The standard InChI is InChI=1S/C23H32O3/c1-21(2)11-8-12-22(3)18(21)14-19(25)26-23(4)16(13-17(24)20(22)23)15-9-6-5-7-10-15/h5-7,9-10,16-18,20,24H,8,11-14H2,1-4H3/t16-,17-,18+,20+,22+,23+/m0/s1. The molecular weight excluding hydrogens is 324 g/mol. The monoisotopic (exact) mass is 356 g/mol. The topological polar surface area (TPSA) is 46.5 Å². The number of hydrogen-bond acceptors (Lipinski definition) is 3. The van der Waals surface area contributed by atoms with Gasteiger partial charge in [-0.2, -0.15) is 0 Å². The van der Waals surface area contributed by atoms with Crippen LogP contribution in [0.4, 0.5) is 0 Å². The molecule has 2 aliphatic carbocycles. The molecule has 3 aliphatic rings. The molecule has 6 atom stereocenters. The first kappa shape index (κ1) is 18.0. The second-order valence-electron chi connectivity index (χ2n) is 10.0. The predicted octanol–water partition coefficient (Wildman–Crippen LogP) is 4.69. The predicted molar refractivity (Wildman–Crippen MR) is 102 cm³/mol. The summed E-state index contributed by atoms with van der Waals surface area (Å²) in [6.07, 6.45) is 4.07. The fourth-order valence-electron chi connectivity index (χ4n) is 7.09. The number of carbonyl (C=O) groups excluding carboxylic acids is 1. The number of rotatable bonds is 1. The van der Waals surface area contributed by atoms with Crippen LogP contribution in [0.2, 0.25) is 0 Å². The molecule has 3 nitrogen and oxygen atoms in total. The van der Waals surface area contributed by atoms with Gasteiger partial charge in [-0.1, -0.05) is 57.5 Å². The third-order valence-corrected chi connectivity index (χ3v) is 8.06. The molecule has 26 heavy (non-hydrogen) atoms. The van der Waals surface area contributed by atoms with Crippen LogP contribution in [-0.2, 0) is 9.53 Å². The molecule has 1 saturated heterocycles. The van der Waals surface area contributed by atoms with Crippen LogP contribution in [-0.4, -0.2) is 22.8 Å². The summed E-state index contributed by atoms with van der Waals surface area (Å²) in [6.45, 7) is 8.99. The Hall–Kier alpha value is -1.35. The summed E-state index contributed by atoms with van der Waals surface area (Å²) in [5.41, 5.74) is 0.545. The highest BCUT2D eigenvalue weighted by atomic mass is 16.6. The molecule has 3 heteroatoms. The van der Waals surface area contributed by atoms with E-state index in [1.54, 1.807) is 0 Å². The molecule has 0 radical (unpaired) electrons. The molecule has 1 N–H and O–H groups in total. The van der Waals surface area contributed by atoms with Gasteiger partial charge in [0.25, 0.3) is 0 Å². The Bertz CT molecular complexity index is 697. The smallest absolute Gasteiger partial charge is 0.306 e. The lowest BCUT2D eigenvalue weighted by atomic mass is 9.49. The van der Waals surface area contributed by atoms with Gasteiger partial charge in [-0.3, -0.25) is 4.79 Å². The molecule has 1 aromatic carbocycles. The van der Waals surface area contributed by atoms with Crippen molar-refractivity contribution in [2.24, 2.45) is 22.7 Å². The molecule has 1 aromatic rings. The molecule has 0 unspecified atom stereocenters. The van der Waals surface area contributed by atoms with Gasteiger partial charge in [0.2, 0.25) is 0 Å².